The van der Waals surface area contributed by atoms with Gasteiger partial charge in [0.05, 0.1) is 29.8 Å². The Hall–Kier alpha value is -3.50. The first kappa shape index (κ1) is 26.1. The fourth-order valence-electron chi connectivity index (χ4n) is 4.89. The summed E-state index contributed by atoms with van der Waals surface area (Å²) in [6.07, 6.45) is 1.02. The van der Waals surface area contributed by atoms with Crippen molar-refractivity contribution >= 4 is 27.4 Å². The summed E-state index contributed by atoms with van der Waals surface area (Å²) in [4.78, 5) is 24.1. The molecule has 2 aromatic carbocycles. The number of nitrogens with one attached hydrogen (secondary N) is 2. The SMILES string of the molecule is CCNC(=O)Nc1ccc(-c2nc(N3CCOC[C@@H]3C)cc(C3(S(=O)(=O)c4ccccc4C)CC3)n2)cc1. The van der Waals surface area contributed by atoms with Crippen LogP contribution in [-0.4, -0.2) is 56.8 Å². The molecule has 0 spiro atoms. The fraction of sp³-hybridized carbons (Fsp3) is 0.393. The zero-order valence-electron chi connectivity index (χ0n) is 21.9. The van der Waals surface area contributed by atoms with Gasteiger partial charge in [-0.1, -0.05) is 18.2 Å². The molecule has 1 aromatic heterocycles. The molecule has 3 aromatic rings. The standard InChI is InChI=1S/C28H33N5O4S/c1-4-29-27(34)30-22-11-9-21(10-12-22)26-31-24(17-25(32-26)33-15-16-37-18-20(33)3)28(13-14-28)38(35,36)23-8-6-5-7-19(23)2/h5-12,17,20H,4,13-16,18H2,1-3H3,(H2,29,30,34)/t20-/m0/s1. The summed E-state index contributed by atoms with van der Waals surface area (Å²) in [5.74, 6) is 1.14. The first-order valence-electron chi connectivity index (χ1n) is 12.9. The van der Waals surface area contributed by atoms with E-state index in [9.17, 15) is 13.2 Å². The Bertz CT molecular complexity index is 1440. The first-order valence-corrected chi connectivity index (χ1v) is 14.4. The van der Waals surface area contributed by atoms with Crippen molar-refractivity contribution < 1.29 is 17.9 Å². The molecule has 0 radical (unpaired) electrons. The molecule has 10 heteroatoms. The van der Waals surface area contributed by atoms with E-state index in [-0.39, 0.29) is 12.1 Å². The molecule has 2 N–H and O–H groups in total. The van der Waals surface area contributed by atoms with Crippen molar-refractivity contribution in [3.05, 3.63) is 65.9 Å². The number of ether oxygens (including phenoxy) is 1. The Balaban J connectivity index is 1.58. The highest BCUT2D eigenvalue weighted by Gasteiger charge is 2.58. The number of aromatic nitrogens is 2. The lowest BCUT2D eigenvalue weighted by atomic mass is 10.1. The van der Waals surface area contributed by atoms with Gasteiger partial charge in [0.1, 0.15) is 10.6 Å². The van der Waals surface area contributed by atoms with Crippen LogP contribution in [0.4, 0.5) is 16.3 Å². The van der Waals surface area contributed by atoms with Crippen LogP contribution in [0.2, 0.25) is 0 Å². The van der Waals surface area contributed by atoms with Gasteiger partial charge in [-0.3, -0.25) is 0 Å². The quantitative estimate of drug-likeness (QED) is 0.464. The molecule has 2 fully saturated rings. The Morgan fingerprint density at radius 2 is 1.87 bits per heavy atom. The number of anilines is 2. The smallest absolute Gasteiger partial charge is 0.319 e. The van der Waals surface area contributed by atoms with Gasteiger partial charge in [-0.2, -0.15) is 0 Å². The van der Waals surface area contributed by atoms with E-state index in [2.05, 4.69) is 22.5 Å². The zero-order chi connectivity index (χ0) is 26.9. The van der Waals surface area contributed by atoms with Gasteiger partial charge >= 0.3 is 6.03 Å². The van der Waals surface area contributed by atoms with Crippen LogP contribution in [0.3, 0.4) is 0 Å². The summed E-state index contributed by atoms with van der Waals surface area (Å²) in [6.45, 7) is 8.08. The lowest BCUT2D eigenvalue weighted by Crippen LogP contribution is -2.44. The van der Waals surface area contributed by atoms with E-state index < -0.39 is 14.6 Å². The molecule has 2 aliphatic rings. The summed E-state index contributed by atoms with van der Waals surface area (Å²) < 4.78 is 32.5. The van der Waals surface area contributed by atoms with Crippen molar-refractivity contribution in [2.24, 2.45) is 0 Å². The fourth-order valence-corrected chi connectivity index (χ4v) is 7.08. The molecule has 5 rings (SSSR count). The number of urea groups is 1. The molecule has 9 nitrogen and oxygen atoms in total. The summed E-state index contributed by atoms with van der Waals surface area (Å²) in [7, 11) is -3.68. The number of amides is 2. The Labute approximate surface area is 223 Å². The Kier molecular flexibility index (Phi) is 7.11. The van der Waals surface area contributed by atoms with Gasteiger partial charge in [0.25, 0.3) is 0 Å². The van der Waals surface area contributed by atoms with Gasteiger partial charge in [0.2, 0.25) is 0 Å². The number of morpholine rings is 1. The van der Waals surface area contributed by atoms with E-state index in [4.69, 9.17) is 14.7 Å². The van der Waals surface area contributed by atoms with Crippen molar-refractivity contribution in [2.45, 2.75) is 49.3 Å². The monoisotopic (exact) mass is 535 g/mol. The third-order valence-electron chi connectivity index (χ3n) is 7.18. The molecule has 0 bridgehead atoms. The first-order chi connectivity index (χ1) is 18.2. The minimum Gasteiger partial charge on any atom is -0.377 e. The largest absolute Gasteiger partial charge is 0.377 e. The molecule has 0 unspecified atom stereocenters. The summed E-state index contributed by atoms with van der Waals surface area (Å²) in [5.41, 5.74) is 2.62. The third-order valence-corrected chi connectivity index (χ3v) is 9.86. The number of carbonyl (C=O) groups excluding carboxylic acids is 1. The molecule has 1 saturated heterocycles. The summed E-state index contributed by atoms with van der Waals surface area (Å²) >= 11 is 0. The summed E-state index contributed by atoms with van der Waals surface area (Å²) in [5, 5.41) is 5.49. The molecule has 2 amide bonds. The van der Waals surface area contributed by atoms with E-state index in [0.29, 0.717) is 67.1 Å². The maximum absolute atomic E-state index is 14.0. The van der Waals surface area contributed by atoms with Crippen LogP contribution >= 0.6 is 0 Å². The Morgan fingerprint density at radius 1 is 1.13 bits per heavy atom. The number of aryl methyl sites for hydroxylation is 1. The number of rotatable bonds is 7. The van der Waals surface area contributed by atoms with Crippen LogP contribution in [0.5, 0.6) is 0 Å². The van der Waals surface area contributed by atoms with E-state index >= 15 is 0 Å². The second kappa shape index (κ2) is 10.3. The molecule has 2 heterocycles. The molecule has 38 heavy (non-hydrogen) atoms. The van der Waals surface area contributed by atoms with Crippen molar-refractivity contribution in [1.29, 1.82) is 0 Å². The van der Waals surface area contributed by atoms with Crippen molar-refractivity contribution in [3.63, 3.8) is 0 Å². The van der Waals surface area contributed by atoms with Crippen LogP contribution < -0.4 is 15.5 Å². The molecular weight excluding hydrogens is 502 g/mol. The number of hydrogen-bond acceptors (Lipinski definition) is 7. The maximum atomic E-state index is 14.0. The average molecular weight is 536 g/mol. The second-order valence-electron chi connectivity index (χ2n) is 9.88. The highest BCUT2D eigenvalue weighted by Crippen LogP contribution is 2.55. The van der Waals surface area contributed by atoms with Crippen LogP contribution in [0, 0.1) is 6.92 Å². The highest BCUT2D eigenvalue weighted by molar-refractivity contribution is 7.92. The Morgan fingerprint density at radius 3 is 2.53 bits per heavy atom. The number of carbonyl (C=O) groups is 1. The third kappa shape index (κ3) is 4.86. The van der Waals surface area contributed by atoms with Gasteiger partial charge in [-0.15, -0.1) is 0 Å². The lowest BCUT2D eigenvalue weighted by molar-refractivity contribution is 0.0985. The van der Waals surface area contributed by atoms with Gasteiger partial charge in [0.15, 0.2) is 15.7 Å². The predicted molar refractivity (Wildman–Crippen MR) is 147 cm³/mol. The summed E-state index contributed by atoms with van der Waals surface area (Å²) in [6, 6.07) is 16.0. The van der Waals surface area contributed by atoms with E-state index in [1.807, 2.05) is 44.2 Å². The molecular formula is C28H33N5O4S. The molecule has 200 valence electrons. The zero-order valence-corrected chi connectivity index (χ0v) is 22.7. The number of hydrogen-bond donors (Lipinski definition) is 2. The normalized spacial score (nSPS) is 18.6. The molecule has 1 aliphatic heterocycles. The van der Waals surface area contributed by atoms with Crippen LogP contribution in [-0.2, 0) is 19.3 Å². The van der Waals surface area contributed by atoms with Gasteiger partial charge in [-0.25, -0.2) is 23.2 Å². The van der Waals surface area contributed by atoms with Gasteiger partial charge < -0.3 is 20.3 Å². The van der Waals surface area contributed by atoms with Crippen LogP contribution in [0.15, 0.2) is 59.5 Å². The lowest BCUT2D eigenvalue weighted by Gasteiger charge is -2.34. The van der Waals surface area contributed by atoms with Crippen molar-refractivity contribution in [3.8, 4) is 11.4 Å². The highest BCUT2D eigenvalue weighted by atomic mass is 32.2. The van der Waals surface area contributed by atoms with E-state index in [0.717, 1.165) is 11.1 Å². The maximum Gasteiger partial charge on any atom is 0.319 e. The molecule has 1 saturated carbocycles. The second-order valence-corrected chi connectivity index (χ2v) is 12.1. The van der Waals surface area contributed by atoms with Crippen molar-refractivity contribution in [2.75, 3.05) is 36.5 Å². The number of benzene rings is 2. The van der Waals surface area contributed by atoms with Gasteiger partial charge in [-0.05, 0) is 69.5 Å². The van der Waals surface area contributed by atoms with Gasteiger partial charge in [0, 0.05) is 30.4 Å². The predicted octanol–water partition coefficient (Wildman–Crippen LogP) is 4.28. The number of nitrogens with zero attached hydrogens (tertiary/aromatic N) is 3. The average Bonchev–Trinajstić information content (AvgIpc) is 3.72. The van der Waals surface area contributed by atoms with Crippen LogP contribution in [0.1, 0.15) is 37.9 Å². The minimum atomic E-state index is -3.68. The van der Waals surface area contributed by atoms with Crippen molar-refractivity contribution in [1.82, 2.24) is 15.3 Å². The van der Waals surface area contributed by atoms with E-state index in [1.165, 1.54) is 0 Å². The topological polar surface area (TPSA) is 114 Å². The minimum absolute atomic E-state index is 0.0890. The van der Waals surface area contributed by atoms with E-state index in [1.54, 1.807) is 24.3 Å². The number of sulfone groups is 1. The molecule has 1 atom stereocenters. The van der Waals surface area contributed by atoms with Crippen LogP contribution in [0.25, 0.3) is 11.4 Å². The molecule has 1 aliphatic carbocycles.